The third-order valence-corrected chi connectivity index (χ3v) is 4.77. The molecular formula is C15H27NO2. The van der Waals surface area contributed by atoms with Gasteiger partial charge >= 0.3 is 0 Å². The van der Waals surface area contributed by atoms with E-state index in [1.807, 2.05) is 4.90 Å². The summed E-state index contributed by atoms with van der Waals surface area (Å²) in [4.78, 5) is 14.5. The molecule has 0 aromatic heterocycles. The second kappa shape index (κ2) is 6.55. The maximum atomic E-state index is 12.5. The summed E-state index contributed by atoms with van der Waals surface area (Å²) in [7, 11) is 0. The van der Waals surface area contributed by atoms with Crippen molar-refractivity contribution >= 4 is 5.91 Å². The minimum Gasteiger partial charge on any atom is -0.395 e. The fourth-order valence-corrected chi connectivity index (χ4v) is 3.79. The summed E-state index contributed by atoms with van der Waals surface area (Å²) in [6.45, 7) is 3.63. The molecule has 0 aromatic rings. The topological polar surface area (TPSA) is 40.5 Å². The van der Waals surface area contributed by atoms with E-state index < -0.39 is 0 Å². The van der Waals surface area contributed by atoms with Crippen molar-refractivity contribution in [2.45, 2.75) is 51.9 Å². The summed E-state index contributed by atoms with van der Waals surface area (Å²) >= 11 is 0. The number of aliphatic hydroxyl groups is 1. The lowest BCUT2D eigenvalue weighted by Crippen LogP contribution is -2.40. The number of hydrogen-bond donors (Lipinski definition) is 1. The Morgan fingerprint density at radius 1 is 1.22 bits per heavy atom. The molecule has 18 heavy (non-hydrogen) atoms. The van der Waals surface area contributed by atoms with Gasteiger partial charge in [-0.1, -0.05) is 26.2 Å². The summed E-state index contributed by atoms with van der Waals surface area (Å²) in [6, 6.07) is 0. The van der Waals surface area contributed by atoms with Crippen LogP contribution in [0.5, 0.6) is 0 Å². The predicted octanol–water partition coefficient (Wildman–Crippen LogP) is 2.43. The van der Waals surface area contributed by atoms with Crippen LogP contribution in [0.1, 0.15) is 51.9 Å². The molecule has 2 aliphatic rings. The Balaban J connectivity index is 1.86. The Bertz CT molecular complexity index is 280. The lowest BCUT2D eigenvalue weighted by Gasteiger charge is -2.29. The van der Waals surface area contributed by atoms with Crippen LogP contribution in [-0.2, 0) is 4.79 Å². The Kier molecular flexibility index (Phi) is 5.04. The van der Waals surface area contributed by atoms with E-state index in [0.717, 1.165) is 25.3 Å². The lowest BCUT2D eigenvalue weighted by atomic mass is 9.87. The second-order valence-corrected chi connectivity index (χ2v) is 6.04. The van der Waals surface area contributed by atoms with Gasteiger partial charge in [0.05, 0.1) is 6.61 Å². The van der Waals surface area contributed by atoms with Gasteiger partial charge in [0, 0.05) is 19.0 Å². The zero-order chi connectivity index (χ0) is 13.0. The molecule has 2 aliphatic carbocycles. The van der Waals surface area contributed by atoms with Gasteiger partial charge in [0.2, 0.25) is 5.91 Å². The van der Waals surface area contributed by atoms with Crippen LogP contribution in [0, 0.1) is 17.8 Å². The Morgan fingerprint density at radius 3 is 2.61 bits per heavy atom. The van der Waals surface area contributed by atoms with Crippen molar-refractivity contribution in [1.29, 1.82) is 0 Å². The smallest absolute Gasteiger partial charge is 0.226 e. The molecule has 2 bridgehead atoms. The third kappa shape index (κ3) is 3.05. The van der Waals surface area contributed by atoms with Crippen LogP contribution >= 0.6 is 0 Å². The van der Waals surface area contributed by atoms with Gasteiger partial charge in [-0.25, -0.2) is 0 Å². The summed E-state index contributed by atoms with van der Waals surface area (Å²) < 4.78 is 0. The van der Waals surface area contributed by atoms with Crippen LogP contribution in [0.15, 0.2) is 0 Å². The number of unbranched alkanes of at least 4 members (excludes halogenated alkanes) is 2. The number of carbonyl (C=O) groups is 1. The SMILES string of the molecule is CCCCCN(CCO)C(=O)C1CC2CCC1C2. The molecule has 3 atom stereocenters. The molecule has 2 saturated carbocycles. The molecule has 2 rings (SSSR count). The summed E-state index contributed by atoms with van der Waals surface area (Å²) in [5, 5.41) is 9.12. The lowest BCUT2D eigenvalue weighted by molar-refractivity contribution is -0.137. The second-order valence-electron chi connectivity index (χ2n) is 6.04. The highest BCUT2D eigenvalue weighted by molar-refractivity contribution is 5.79. The number of carbonyl (C=O) groups excluding carboxylic acids is 1. The van der Waals surface area contributed by atoms with E-state index in [-0.39, 0.29) is 12.5 Å². The molecule has 3 heteroatoms. The molecule has 104 valence electrons. The van der Waals surface area contributed by atoms with Gasteiger partial charge < -0.3 is 10.0 Å². The van der Waals surface area contributed by atoms with Crippen LogP contribution in [-0.4, -0.2) is 35.6 Å². The molecule has 0 heterocycles. The van der Waals surface area contributed by atoms with Crippen molar-refractivity contribution in [3.05, 3.63) is 0 Å². The van der Waals surface area contributed by atoms with Crippen LogP contribution in [0.3, 0.4) is 0 Å². The Morgan fingerprint density at radius 2 is 2.06 bits per heavy atom. The summed E-state index contributed by atoms with van der Waals surface area (Å²) in [6.07, 6.45) is 8.40. The first kappa shape index (κ1) is 13.9. The number of rotatable bonds is 7. The van der Waals surface area contributed by atoms with E-state index in [4.69, 9.17) is 5.11 Å². The van der Waals surface area contributed by atoms with E-state index in [1.165, 1.54) is 32.1 Å². The van der Waals surface area contributed by atoms with E-state index >= 15 is 0 Å². The van der Waals surface area contributed by atoms with Gasteiger partial charge in [-0.3, -0.25) is 4.79 Å². The van der Waals surface area contributed by atoms with E-state index in [0.29, 0.717) is 18.4 Å². The van der Waals surface area contributed by atoms with Gasteiger partial charge in [-0.15, -0.1) is 0 Å². The predicted molar refractivity (Wildman–Crippen MR) is 72.1 cm³/mol. The number of aliphatic hydroxyl groups excluding tert-OH is 1. The van der Waals surface area contributed by atoms with Gasteiger partial charge in [-0.05, 0) is 37.5 Å². The van der Waals surface area contributed by atoms with Crippen molar-refractivity contribution in [2.75, 3.05) is 19.7 Å². The van der Waals surface area contributed by atoms with Crippen molar-refractivity contribution in [2.24, 2.45) is 17.8 Å². The fraction of sp³-hybridized carbons (Fsp3) is 0.933. The molecule has 3 nitrogen and oxygen atoms in total. The van der Waals surface area contributed by atoms with Crippen molar-refractivity contribution in [1.82, 2.24) is 4.90 Å². The average molecular weight is 253 g/mol. The monoisotopic (exact) mass is 253 g/mol. The van der Waals surface area contributed by atoms with Gasteiger partial charge in [0.1, 0.15) is 0 Å². The van der Waals surface area contributed by atoms with Crippen LogP contribution in [0.2, 0.25) is 0 Å². The highest BCUT2D eigenvalue weighted by atomic mass is 16.3. The standard InChI is InChI=1S/C15H27NO2/c1-2-3-4-7-16(8-9-17)15(18)14-11-12-5-6-13(14)10-12/h12-14,17H,2-11H2,1H3. The third-order valence-electron chi connectivity index (χ3n) is 4.77. The molecule has 0 spiro atoms. The molecule has 3 unspecified atom stereocenters. The van der Waals surface area contributed by atoms with Crippen LogP contribution in [0.4, 0.5) is 0 Å². The minimum atomic E-state index is 0.0959. The molecule has 1 amide bonds. The first-order valence-corrected chi connectivity index (χ1v) is 7.66. The van der Waals surface area contributed by atoms with Crippen LogP contribution < -0.4 is 0 Å². The quantitative estimate of drug-likeness (QED) is 0.708. The largest absolute Gasteiger partial charge is 0.395 e. The highest BCUT2D eigenvalue weighted by Crippen LogP contribution is 2.48. The average Bonchev–Trinajstić information content (AvgIpc) is 2.99. The summed E-state index contributed by atoms with van der Waals surface area (Å²) in [5.74, 6) is 2.06. The maximum absolute atomic E-state index is 12.5. The zero-order valence-corrected chi connectivity index (χ0v) is 11.6. The zero-order valence-electron chi connectivity index (χ0n) is 11.6. The first-order chi connectivity index (χ1) is 8.76. The van der Waals surface area contributed by atoms with Crippen LogP contribution in [0.25, 0.3) is 0 Å². The molecule has 2 fully saturated rings. The normalized spacial score (nSPS) is 29.8. The van der Waals surface area contributed by atoms with E-state index in [9.17, 15) is 4.79 Å². The highest BCUT2D eigenvalue weighted by Gasteiger charge is 2.44. The first-order valence-electron chi connectivity index (χ1n) is 7.66. The minimum absolute atomic E-state index is 0.0959. The fourth-order valence-electron chi connectivity index (χ4n) is 3.79. The van der Waals surface area contributed by atoms with Gasteiger partial charge in [-0.2, -0.15) is 0 Å². The number of fused-ring (bicyclic) bond motifs is 2. The van der Waals surface area contributed by atoms with E-state index in [2.05, 4.69) is 6.92 Å². The van der Waals surface area contributed by atoms with E-state index in [1.54, 1.807) is 0 Å². The number of hydrogen-bond acceptors (Lipinski definition) is 2. The van der Waals surface area contributed by atoms with Crippen molar-refractivity contribution in [3.63, 3.8) is 0 Å². The van der Waals surface area contributed by atoms with Crippen molar-refractivity contribution < 1.29 is 9.90 Å². The Labute approximate surface area is 111 Å². The molecular weight excluding hydrogens is 226 g/mol. The molecule has 0 saturated heterocycles. The molecule has 0 radical (unpaired) electrons. The van der Waals surface area contributed by atoms with Crippen molar-refractivity contribution in [3.8, 4) is 0 Å². The molecule has 0 aliphatic heterocycles. The van der Waals surface area contributed by atoms with Gasteiger partial charge in [0.25, 0.3) is 0 Å². The molecule has 0 aromatic carbocycles. The maximum Gasteiger partial charge on any atom is 0.226 e. The molecule has 1 N–H and O–H groups in total. The Hall–Kier alpha value is -0.570. The van der Waals surface area contributed by atoms with Gasteiger partial charge in [0.15, 0.2) is 0 Å². The summed E-state index contributed by atoms with van der Waals surface area (Å²) in [5.41, 5.74) is 0. The number of nitrogens with zero attached hydrogens (tertiary/aromatic N) is 1. The number of amides is 1.